The van der Waals surface area contributed by atoms with Crippen LogP contribution < -0.4 is 0 Å². The number of benzene rings is 5. The quantitative estimate of drug-likeness (QED) is 0.183. The molecule has 0 saturated heterocycles. The van der Waals surface area contributed by atoms with E-state index in [9.17, 15) is 0 Å². The molecule has 0 aliphatic carbocycles. The Bertz CT molecular complexity index is 2710. The number of aromatic nitrogens is 2. The molecule has 0 aliphatic heterocycles. The van der Waals surface area contributed by atoms with Crippen molar-refractivity contribution in [2.75, 3.05) is 0 Å². The molecular weight excluding hydrogens is 653 g/mol. The summed E-state index contributed by atoms with van der Waals surface area (Å²) in [5.74, 6) is 0. The van der Waals surface area contributed by atoms with E-state index in [0.29, 0.717) is 0 Å². The molecule has 0 radical (unpaired) electrons. The van der Waals surface area contributed by atoms with Crippen molar-refractivity contribution in [1.82, 2.24) is 9.97 Å². The van der Waals surface area contributed by atoms with Crippen LogP contribution in [0, 0.1) is 0 Å². The maximum atomic E-state index is 5.13. The zero-order valence-corrected chi connectivity index (χ0v) is 27.5. The van der Waals surface area contributed by atoms with Gasteiger partial charge in [-0.15, -0.1) is 68.0 Å². The van der Waals surface area contributed by atoms with Gasteiger partial charge in [0.05, 0.1) is 30.2 Å². The van der Waals surface area contributed by atoms with E-state index in [-0.39, 0.29) is 0 Å². The molecule has 6 aromatic heterocycles. The number of hydrogen-bond donors (Lipinski definition) is 0. The van der Waals surface area contributed by atoms with Crippen LogP contribution in [0.1, 0.15) is 0 Å². The van der Waals surface area contributed by atoms with Gasteiger partial charge in [0.25, 0.3) is 0 Å². The van der Waals surface area contributed by atoms with Crippen LogP contribution in [0.15, 0.2) is 95.7 Å². The molecule has 44 heavy (non-hydrogen) atoms. The fraction of sp³-hybridized carbons (Fsp3) is 0. The van der Waals surface area contributed by atoms with E-state index < -0.39 is 0 Å². The van der Waals surface area contributed by atoms with E-state index in [0.717, 1.165) is 21.0 Å². The molecule has 0 atom stereocenters. The zero-order valence-electron chi connectivity index (χ0n) is 22.6. The number of nitrogens with zero attached hydrogens (tertiary/aromatic N) is 2. The first kappa shape index (κ1) is 24.5. The van der Waals surface area contributed by atoms with Crippen LogP contribution in [0.25, 0.3) is 102 Å². The Balaban J connectivity index is 1.01. The van der Waals surface area contributed by atoms with Gasteiger partial charge in [0, 0.05) is 40.3 Å². The molecule has 11 rings (SSSR count). The Morgan fingerprint density at radius 3 is 1.30 bits per heavy atom. The summed E-state index contributed by atoms with van der Waals surface area (Å²) in [5, 5.41) is 17.1. The van der Waals surface area contributed by atoms with Crippen molar-refractivity contribution in [3.05, 3.63) is 95.7 Å². The molecule has 2 nitrogen and oxygen atoms in total. The fourth-order valence-corrected chi connectivity index (χ4v) is 12.7. The summed E-state index contributed by atoms with van der Waals surface area (Å²) < 4.78 is 7.80. The monoisotopic (exact) mass is 668 g/mol. The molecule has 206 valence electrons. The molecule has 11 aromatic rings. The van der Waals surface area contributed by atoms with Crippen LogP contribution in [0.3, 0.4) is 0 Å². The summed E-state index contributed by atoms with van der Waals surface area (Å²) >= 11 is 10.9. The second kappa shape index (κ2) is 8.91. The lowest BCUT2D eigenvalue weighted by atomic mass is 10.1. The Morgan fingerprint density at radius 1 is 0.386 bits per heavy atom. The van der Waals surface area contributed by atoms with Gasteiger partial charge in [-0.05, 0) is 68.7 Å². The summed E-state index contributed by atoms with van der Waals surface area (Å²) in [6.07, 6.45) is 0. The first-order chi connectivity index (χ1) is 21.7. The second-order valence-electron chi connectivity index (χ2n) is 11.0. The van der Waals surface area contributed by atoms with Gasteiger partial charge in [0.15, 0.2) is 0 Å². The van der Waals surface area contributed by atoms with E-state index in [1.165, 1.54) is 81.0 Å². The molecule has 0 fully saturated rings. The standard InChI is InChI=1S/C36H16N2S6/c1-5-23-21(31-17(1)9-11-39-31)7-3-19-13-29(41-33(19)23)35-37-25-15-28-26(16-27(25)43-35)38-36(44-28)30-14-20-4-8-22-24(34(20)42-30)6-2-18-10-12-40-32(18)22/h1-16H. The maximum Gasteiger partial charge on any atom is 0.134 e. The average molecular weight is 669 g/mol. The predicted molar refractivity (Wildman–Crippen MR) is 200 cm³/mol. The van der Waals surface area contributed by atoms with Crippen molar-refractivity contribution in [1.29, 1.82) is 0 Å². The lowest BCUT2D eigenvalue weighted by molar-refractivity contribution is 1.49. The van der Waals surface area contributed by atoms with Crippen molar-refractivity contribution >= 4 is 150 Å². The Labute approximate surface area is 273 Å². The minimum absolute atomic E-state index is 1.05. The predicted octanol–water partition coefficient (Wildman–Crippen LogP) is 13.4. The van der Waals surface area contributed by atoms with Crippen molar-refractivity contribution in [2.45, 2.75) is 0 Å². The Kier molecular flexibility index (Phi) is 4.97. The van der Waals surface area contributed by atoms with Gasteiger partial charge < -0.3 is 0 Å². The number of fused-ring (bicyclic) bond motifs is 12. The summed E-state index contributed by atoms with van der Waals surface area (Å²) in [4.78, 5) is 12.7. The molecule has 0 aliphatic rings. The summed E-state index contributed by atoms with van der Waals surface area (Å²) in [7, 11) is 0. The van der Waals surface area contributed by atoms with Gasteiger partial charge in [0.1, 0.15) is 10.0 Å². The number of thiazole rings is 2. The van der Waals surface area contributed by atoms with Gasteiger partial charge in [-0.2, -0.15) is 0 Å². The van der Waals surface area contributed by atoms with Gasteiger partial charge in [-0.25, -0.2) is 9.97 Å². The molecule has 0 bridgehead atoms. The highest BCUT2D eigenvalue weighted by Gasteiger charge is 2.17. The largest absolute Gasteiger partial charge is 0.235 e. The molecule has 0 saturated carbocycles. The van der Waals surface area contributed by atoms with E-state index in [2.05, 4.69) is 95.7 Å². The fourth-order valence-electron chi connectivity index (χ4n) is 6.43. The molecule has 5 aromatic carbocycles. The first-order valence-corrected chi connectivity index (χ1v) is 19.1. The van der Waals surface area contributed by atoms with Gasteiger partial charge in [0.2, 0.25) is 0 Å². The lowest BCUT2D eigenvalue weighted by Gasteiger charge is -2.00. The van der Waals surface area contributed by atoms with Gasteiger partial charge in [-0.3, -0.25) is 0 Å². The Morgan fingerprint density at radius 2 is 0.818 bits per heavy atom. The van der Waals surface area contributed by atoms with Crippen LogP contribution in [0.2, 0.25) is 0 Å². The third-order valence-electron chi connectivity index (χ3n) is 8.51. The summed E-state index contributed by atoms with van der Waals surface area (Å²) in [6, 6.07) is 31.7. The smallest absolute Gasteiger partial charge is 0.134 e. The summed E-state index contributed by atoms with van der Waals surface area (Å²) in [5.41, 5.74) is 2.11. The summed E-state index contributed by atoms with van der Waals surface area (Å²) in [6.45, 7) is 0. The molecule has 0 spiro atoms. The normalized spacial score (nSPS) is 12.5. The van der Waals surface area contributed by atoms with Crippen molar-refractivity contribution in [2.24, 2.45) is 0 Å². The maximum absolute atomic E-state index is 5.13. The van der Waals surface area contributed by atoms with E-state index in [1.807, 2.05) is 45.3 Å². The SMILES string of the molecule is c1cc2ccc3c(ccc4cc(-c5nc6cc7sc(-c8cc9ccc%10c(ccc%11ccsc%11%10)c9s8)nc7cc6s5)sc43)c2s1. The van der Waals surface area contributed by atoms with Crippen LogP contribution >= 0.6 is 68.0 Å². The van der Waals surface area contributed by atoms with Gasteiger partial charge >= 0.3 is 0 Å². The topological polar surface area (TPSA) is 25.8 Å². The average Bonchev–Trinajstić information content (AvgIpc) is 3.89. The van der Waals surface area contributed by atoms with E-state index in [4.69, 9.17) is 9.97 Å². The number of rotatable bonds is 2. The lowest BCUT2D eigenvalue weighted by Crippen LogP contribution is -1.73. The molecule has 0 amide bonds. The van der Waals surface area contributed by atoms with Gasteiger partial charge in [-0.1, -0.05) is 48.5 Å². The molecule has 0 unspecified atom stereocenters. The Hall–Kier alpha value is -3.76. The third kappa shape index (κ3) is 3.44. The van der Waals surface area contributed by atoms with Crippen molar-refractivity contribution in [3.8, 4) is 19.8 Å². The van der Waals surface area contributed by atoms with Crippen LogP contribution in [-0.2, 0) is 0 Å². The highest BCUT2D eigenvalue weighted by atomic mass is 32.1. The number of thiophene rings is 4. The molecule has 0 N–H and O–H groups in total. The van der Waals surface area contributed by atoms with E-state index in [1.54, 1.807) is 22.7 Å². The minimum Gasteiger partial charge on any atom is -0.235 e. The number of hydrogen-bond acceptors (Lipinski definition) is 8. The minimum atomic E-state index is 1.05. The van der Waals surface area contributed by atoms with E-state index >= 15 is 0 Å². The molecular formula is C36H16N2S6. The highest BCUT2D eigenvalue weighted by molar-refractivity contribution is 7.30. The van der Waals surface area contributed by atoms with Crippen molar-refractivity contribution in [3.63, 3.8) is 0 Å². The van der Waals surface area contributed by atoms with Crippen LogP contribution in [0.4, 0.5) is 0 Å². The van der Waals surface area contributed by atoms with Crippen LogP contribution in [0.5, 0.6) is 0 Å². The first-order valence-electron chi connectivity index (χ1n) is 14.1. The van der Waals surface area contributed by atoms with Crippen LogP contribution in [-0.4, -0.2) is 9.97 Å². The third-order valence-corrected chi connectivity index (χ3v) is 15.2. The zero-order chi connectivity index (χ0) is 28.5. The van der Waals surface area contributed by atoms with Crippen molar-refractivity contribution < 1.29 is 0 Å². The molecule has 6 heterocycles. The highest BCUT2D eigenvalue weighted by Crippen LogP contribution is 2.45. The second-order valence-corrected chi connectivity index (χ2v) is 17.0. The molecule has 8 heteroatoms.